The zero-order chi connectivity index (χ0) is 43.5. The highest BCUT2D eigenvalue weighted by molar-refractivity contribution is 6.08. The third-order valence-corrected chi connectivity index (χ3v) is 14.8. The minimum atomic E-state index is -0.114. The van der Waals surface area contributed by atoms with Gasteiger partial charge < -0.3 is 9.64 Å². The van der Waals surface area contributed by atoms with Crippen molar-refractivity contribution in [3.8, 4) is 22.3 Å². The van der Waals surface area contributed by atoms with Crippen LogP contribution in [0.5, 0.6) is 0 Å². The summed E-state index contributed by atoms with van der Waals surface area (Å²) in [6.07, 6.45) is 9.94. The van der Waals surface area contributed by atoms with Gasteiger partial charge in [-0.25, -0.2) is 0 Å². The van der Waals surface area contributed by atoms with Gasteiger partial charge in [0.2, 0.25) is 0 Å². The molecule has 3 heteroatoms. The van der Waals surface area contributed by atoms with Crippen molar-refractivity contribution in [1.82, 2.24) is 0 Å². The van der Waals surface area contributed by atoms with Gasteiger partial charge in [0.25, 0.3) is 0 Å². The fourth-order valence-electron chi connectivity index (χ4n) is 12.3. The second-order valence-electron chi connectivity index (χ2n) is 19.1. The Morgan fingerprint density at radius 3 is 1.55 bits per heavy atom. The number of methoxy groups -OCH3 is 1. The Hall–Kier alpha value is -5.77. The molecule has 62 heavy (non-hydrogen) atoms. The zero-order valence-electron chi connectivity index (χ0n) is 38.1. The van der Waals surface area contributed by atoms with Crippen LogP contribution in [-0.2, 0) is 22.2 Å². The van der Waals surface area contributed by atoms with Gasteiger partial charge in [0.15, 0.2) is 5.78 Å². The third-order valence-electron chi connectivity index (χ3n) is 14.8. The maximum absolute atomic E-state index is 13.8. The minimum Gasteiger partial charge on any atom is -0.380 e. The number of carbonyl (C=O) groups is 1. The monoisotopic (exact) mass is 815 g/mol. The van der Waals surface area contributed by atoms with E-state index in [1.165, 1.54) is 61.6 Å². The van der Waals surface area contributed by atoms with Crippen LogP contribution in [-0.4, -0.2) is 12.9 Å². The summed E-state index contributed by atoms with van der Waals surface area (Å²) in [5.41, 5.74) is 17.3. The molecular weight excluding hydrogens is 755 g/mol. The summed E-state index contributed by atoms with van der Waals surface area (Å²) in [6.45, 7) is 19.6. The van der Waals surface area contributed by atoms with Gasteiger partial charge in [-0.05, 0) is 151 Å². The average molecular weight is 816 g/mol. The van der Waals surface area contributed by atoms with E-state index in [0.29, 0.717) is 35.8 Å². The summed E-state index contributed by atoms with van der Waals surface area (Å²) in [4.78, 5) is 16.4. The lowest BCUT2D eigenvalue weighted by atomic mass is 9.63. The fourth-order valence-corrected chi connectivity index (χ4v) is 12.3. The summed E-state index contributed by atoms with van der Waals surface area (Å²) in [5, 5.41) is 2.16. The first-order valence-electron chi connectivity index (χ1n) is 22.8. The van der Waals surface area contributed by atoms with Crippen LogP contribution in [0.1, 0.15) is 106 Å². The number of anilines is 2. The van der Waals surface area contributed by atoms with Crippen LogP contribution in [0, 0.1) is 23.7 Å². The number of ether oxygens (including phenoxy) is 1. The normalized spacial score (nSPS) is 15.9. The van der Waals surface area contributed by atoms with Crippen LogP contribution in [0.3, 0.4) is 0 Å². The molecule has 3 aliphatic rings. The number of ketones is 1. The van der Waals surface area contributed by atoms with Crippen LogP contribution >= 0.6 is 0 Å². The van der Waals surface area contributed by atoms with E-state index >= 15 is 0 Å². The van der Waals surface area contributed by atoms with E-state index in [9.17, 15) is 4.79 Å². The molecule has 0 saturated carbocycles. The molecule has 0 aromatic heterocycles. The predicted octanol–water partition coefficient (Wildman–Crippen LogP) is 15.3. The standard InChI is InChI=1S/C59H61NO2/c1-37(2)58(38(3)4)53-20-14-12-18-48(53)50-29-27-46(34-55(50)58)60(47-28-30-51-49-19-13-15-21-54(49)59(39(5)6,40(7)8)56(51)35-47)45-25-22-41(23-26-45)24-31-57(61)52-33-43-17-11-10-16-42(43)32-44(52)36-62-9/h10-22,24-25,27-35,37-40H,23,26,36H2,1-9H3/b31-24+. The van der Waals surface area contributed by atoms with Crippen molar-refractivity contribution in [1.29, 1.82) is 0 Å². The molecule has 0 spiro atoms. The van der Waals surface area contributed by atoms with Crippen molar-refractivity contribution in [3.63, 3.8) is 0 Å². The third kappa shape index (κ3) is 6.38. The van der Waals surface area contributed by atoms with Gasteiger partial charge in [0.1, 0.15) is 0 Å². The molecule has 0 amide bonds. The number of nitrogens with zero attached hydrogens (tertiary/aromatic N) is 1. The Labute approximate surface area is 369 Å². The molecular formula is C59H61NO2. The maximum Gasteiger partial charge on any atom is 0.186 e. The first-order chi connectivity index (χ1) is 29.9. The zero-order valence-corrected chi connectivity index (χ0v) is 38.1. The lowest BCUT2D eigenvalue weighted by molar-refractivity contribution is 0.104. The van der Waals surface area contributed by atoms with Crippen molar-refractivity contribution >= 4 is 27.9 Å². The van der Waals surface area contributed by atoms with E-state index in [0.717, 1.165) is 34.8 Å². The van der Waals surface area contributed by atoms with E-state index in [4.69, 9.17) is 4.74 Å². The van der Waals surface area contributed by atoms with Crippen molar-refractivity contribution in [2.24, 2.45) is 23.7 Å². The summed E-state index contributed by atoms with van der Waals surface area (Å²) >= 11 is 0. The number of hydrogen-bond donors (Lipinski definition) is 0. The van der Waals surface area contributed by atoms with E-state index in [-0.39, 0.29) is 16.6 Å². The van der Waals surface area contributed by atoms with Gasteiger partial charge >= 0.3 is 0 Å². The molecule has 9 rings (SSSR count). The molecule has 3 aliphatic carbocycles. The van der Waals surface area contributed by atoms with Crippen molar-refractivity contribution in [2.45, 2.75) is 85.7 Å². The highest BCUT2D eigenvalue weighted by atomic mass is 16.5. The first kappa shape index (κ1) is 41.6. The van der Waals surface area contributed by atoms with Gasteiger partial charge in [0.05, 0.1) is 6.61 Å². The van der Waals surface area contributed by atoms with Crippen LogP contribution in [0.4, 0.5) is 11.4 Å². The Morgan fingerprint density at radius 1 is 0.581 bits per heavy atom. The molecule has 0 atom stereocenters. The van der Waals surface area contributed by atoms with Crippen molar-refractivity contribution in [3.05, 3.63) is 190 Å². The Morgan fingerprint density at radius 2 is 1.06 bits per heavy atom. The average Bonchev–Trinajstić information content (AvgIpc) is 3.74. The molecule has 0 aliphatic heterocycles. The topological polar surface area (TPSA) is 29.5 Å². The second-order valence-corrected chi connectivity index (χ2v) is 19.1. The summed E-state index contributed by atoms with van der Waals surface area (Å²) in [6, 6.07) is 45.0. The van der Waals surface area contributed by atoms with E-state index in [1.807, 2.05) is 24.3 Å². The highest BCUT2D eigenvalue weighted by Gasteiger charge is 2.49. The maximum atomic E-state index is 13.8. The summed E-state index contributed by atoms with van der Waals surface area (Å²) in [7, 11) is 1.68. The van der Waals surface area contributed by atoms with Crippen LogP contribution in [0.15, 0.2) is 157 Å². The van der Waals surface area contributed by atoms with Gasteiger partial charge in [-0.3, -0.25) is 4.79 Å². The van der Waals surface area contributed by atoms with Crippen LogP contribution in [0.2, 0.25) is 0 Å². The number of fused-ring (bicyclic) bond motifs is 7. The van der Waals surface area contributed by atoms with Crippen LogP contribution in [0.25, 0.3) is 33.0 Å². The van der Waals surface area contributed by atoms with Crippen molar-refractivity contribution in [2.75, 3.05) is 12.0 Å². The van der Waals surface area contributed by atoms with Gasteiger partial charge in [-0.2, -0.15) is 0 Å². The van der Waals surface area contributed by atoms with E-state index < -0.39 is 0 Å². The molecule has 0 heterocycles. The number of rotatable bonds is 12. The lowest BCUT2D eigenvalue weighted by Crippen LogP contribution is -2.37. The van der Waals surface area contributed by atoms with Gasteiger partial charge in [-0.15, -0.1) is 0 Å². The second kappa shape index (κ2) is 16.2. The lowest BCUT2D eigenvalue weighted by Gasteiger charge is -2.41. The molecule has 0 fully saturated rings. The van der Waals surface area contributed by atoms with Gasteiger partial charge in [-0.1, -0.05) is 152 Å². The highest BCUT2D eigenvalue weighted by Crippen LogP contribution is 2.59. The quantitative estimate of drug-likeness (QED) is 0.0910. The molecule has 6 aromatic carbocycles. The number of benzene rings is 6. The SMILES string of the molecule is COCc1cc2ccccc2cc1C(=O)/C=C/C1=CC=C(N(c2ccc3c(c2)C(C(C)C)(C(C)C)c2ccccc2-3)c2ccc3c(c2)C(C(C)C)(C(C)C)c2ccccc2-3)CC1. The first-order valence-corrected chi connectivity index (χ1v) is 22.8. The largest absolute Gasteiger partial charge is 0.380 e. The molecule has 3 nitrogen and oxygen atoms in total. The Bertz CT molecular complexity index is 2670. The minimum absolute atomic E-state index is 0.00374. The fraction of sp³-hybridized carbons (Fsp3) is 0.305. The van der Waals surface area contributed by atoms with Crippen LogP contribution < -0.4 is 4.90 Å². The molecule has 0 bridgehead atoms. The summed E-state index contributed by atoms with van der Waals surface area (Å²) in [5.74, 6) is 1.60. The Balaban J connectivity index is 1.17. The van der Waals surface area contributed by atoms with E-state index in [2.05, 4.69) is 176 Å². The molecule has 314 valence electrons. The van der Waals surface area contributed by atoms with Crippen molar-refractivity contribution < 1.29 is 9.53 Å². The predicted molar refractivity (Wildman–Crippen MR) is 260 cm³/mol. The molecule has 0 radical (unpaired) electrons. The smallest absolute Gasteiger partial charge is 0.186 e. The van der Waals surface area contributed by atoms with E-state index in [1.54, 1.807) is 13.2 Å². The summed E-state index contributed by atoms with van der Waals surface area (Å²) < 4.78 is 5.52. The number of allylic oxidation sites excluding steroid dienone is 6. The molecule has 6 aromatic rings. The number of carbonyl (C=O) groups excluding carboxylic acids is 1. The molecule has 0 N–H and O–H groups in total. The number of hydrogen-bond acceptors (Lipinski definition) is 3. The molecule has 0 unspecified atom stereocenters. The Kier molecular flexibility index (Phi) is 10.8. The van der Waals surface area contributed by atoms with Gasteiger partial charge in [0, 0.05) is 40.6 Å². The molecule has 0 saturated heterocycles.